The van der Waals surface area contributed by atoms with Crippen LogP contribution in [0.1, 0.15) is 52.2 Å². The number of nitrogens with zero attached hydrogens (tertiary/aromatic N) is 2. The van der Waals surface area contributed by atoms with Gasteiger partial charge in [0, 0.05) is 29.0 Å². The fraction of sp³-hybridized carbons (Fsp3) is 0.269. The maximum absolute atomic E-state index is 12.6. The van der Waals surface area contributed by atoms with E-state index < -0.39 is 5.60 Å². The third-order valence-electron chi connectivity index (χ3n) is 5.51. The number of nitriles is 1. The van der Waals surface area contributed by atoms with Gasteiger partial charge in [0.2, 0.25) is 5.88 Å². The molecule has 2 heterocycles. The molecule has 0 spiro atoms. The summed E-state index contributed by atoms with van der Waals surface area (Å²) in [6.45, 7) is 4.17. The summed E-state index contributed by atoms with van der Waals surface area (Å²) in [4.78, 5) is 17.3. The van der Waals surface area contributed by atoms with Crippen LogP contribution in [0.3, 0.4) is 0 Å². The van der Waals surface area contributed by atoms with E-state index in [2.05, 4.69) is 11.1 Å². The van der Waals surface area contributed by atoms with Crippen molar-refractivity contribution in [1.29, 1.82) is 5.26 Å². The van der Waals surface area contributed by atoms with Crippen molar-refractivity contribution >= 4 is 17.4 Å². The van der Waals surface area contributed by atoms with Gasteiger partial charge in [0.05, 0.1) is 17.9 Å². The van der Waals surface area contributed by atoms with Crippen LogP contribution in [0.2, 0.25) is 5.02 Å². The van der Waals surface area contributed by atoms with Crippen molar-refractivity contribution in [3.8, 4) is 11.9 Å². The number of pyridine rings is 1. The Kier molecular flexibility index (Phi) is 6.27. The van der Waals surface area contributed by atoms with E-state index in [0.717, 1.165) is 22.4 Å². The molecule has 0 atom stereocenters. The van der Waals surface area contributed by atoms with Gasteiger partial charge in [-0.25, -0.2) is 4.98 Å². The van der Waals surface area contributed by atoms with Crippen molar-refractivity contribution in [3.63, 3.8) is 0 Å². The number of aromatic nitrogens is 1. The summed E-state index contributed by atoms with van der Waals surface area (Å²) in [5.74, 6) is -0.0180. The fourth-order valence-corrected chi connectivity index (χ4v) is 3.94. The molecule has 0 aliphatic carbocycles. The molecule has 32 heavy (non-hydrogen) atoms. The largest absolute Gasteiger partial charge is 0.468 e. The zero-order valence-corrected chi connectivity index (χ0v) is 18.8. The van der Waals surface area contributed by atoms with Gasteiger partial charge in [0.25, 0.3) is 0 Å². The highest BCUT2D eigenvalue weighted by molar-refractivity contribution is 6.30. The van der Waals surface area contributed by atoms with Gasteiger partial charge in [0.15, 0.2) is 12.4 Å². The molecule has 2 aromatic carbocycles. The van der Waals surface area contributed by atoms with Gasteiger partial charge in [-0.15, -0.1) is 0 Å². The molecule has 1 aliphatic heterocycles. The predicted molar refractivity (Wildman–Crippen MR) is 122 cm³/mol. The van der Waals surface area contributed by atoms with Crippen LogP contribution >= 0.6 is 11.6 Å². The Labute approximate surface area is 192 Å². The van der Waals surface area contributed by atoms with E-state index in [1.807, 2.05) is 44.2 Å². The molecule has 0 saturated heterocycles. The Morgan fingerprint density at radius 2 is 1.88 bits per heavy atom. The van der Waals surface area contributed by atoms with E-state index in [-0.39, 0.29) is 18.3 Å². The first kappa shape index (κ1) is 22.0. The molecule has 6 heteroatoms. The van der Waals surface area contributed by atoms with Gasteiger partial charge in [-0.3, -0.25) is 4.79 Å². The van der Waals surface area contributed by atoms with Crippen LogP contribution in [-0.2, 0) is 24.2 Å². The van der Waals surface area contributed by atoms with Gasteiger partial charge in [-0.05, 0) is 49.2 Å². The quantitative estimate of drug-likeness (QED) is 0.480. The maximum Gasteiger partial charge on any atom is 0.232 e. The van der Waals surface area contributed by atoms with Gasteiger partial charge in [0.1, 0.15) is 11.6 Å². The van der Waals surface area contributed by atoms with Gasteiger partial charge >= 0.3 is 0 Å². The van der Waals surface area contributed by atoms with Crippen molar-refractivity contribution in [2.75, 3.05) is 6.61 Å². The third kappa shape index (κ3) is 4.83. The lowest BCUT2D eigenvalue weighted by Gasteiger charge is -2.33. The summed E-state index contributed by atoms with van der Waals surface area (Å²) in [5.41, 5.74) is 4.18. The molecule has 0 amide bonds. The number of carbonyl (C=O) groups is 1. The summed E-state index contributed by atoms with van der Waals surface area (Å²) in [6, 6.07) is 18.9. The monoisotopic (exact) mass is 446 g/mol. The minimum Gasteiger partial charge on any atom is -0.468 e. The van der Waals surface area contributed by atoms with Crippen LogP contribution in [0, 0.1) is 11.3 Å². The molecule has 0 saturated carbocycles. The summed E-state index contributed by atoms with van der Waals surface area (Å²) in [5, 5.41) is 10.5. The van der Waals surface area contributed by atoms with Crippen LogP contribution in [0.4, 0.5) is 0 Å². The lowest BCUT2D eigenvalue weighted by Crippen LogP contribution is -2.33. The van der Waals surface area contributed by atoms with E-state index in [1.165, 1.54) is 0 Å². The van der Waals surface area contributed by atoms with Crippen molar-refractivity contribution in [3.05, 3.63) is 93.1 Å². The van der Waals surface area contributed by atoms with Crippen molar-refractivity contribution in [1.82, 2.24) is 4.98 Å². The molecule has 0 fully saturated rings. The number of fused-ring (bicyclic) bond motifs is 1. The fourth-order valence-electron chi connectivity index (χ4n) is 3.82. The Hall–Kier alpha value is -3.20. The van der Waals surface area contributed by atoms with E-state index >= 15 is 0 Å². The third-order valence-corrected chi connectivity index (χ3v) is 5.76. The molecule has 162 valence electrons. The number of benzene rings is 2. The van der Waals surface area contributed by atoms with Crippen LogP contribution in [0.5, 0.6) is 5.88 Å². The van der Waals surface area contributed by atoms with E-state index in [1.54, 1.807) is 24.3 Å². The molecule has 1 aromatic heterocycles. The van der Waals surface area contributed by atoms with Crippen LogP contribution in [0.15, 0.2) is 54.6 Å². The molecule has 0 radical (unpaired) electrons. The van der Waals surface area contributed by atoms with Gasteiger partial charge in [-0.1, -0.05) is 41.9 Å². The topological polar surface area (TPSA) is 72.2 Å². The standard InChI is InChI=1S/C26H23ClN2O3/c1-26(2)13-20-21(14-28)25(31-16-24(30)18-8-10-19(27)11-9-18)29-23(22(20)15-32-26)12-17-6-4-3-5-7-17/h3-11H,12-13,15-16H2,1-2H3. The van der Waals surface area contributed by atoms with Crippen molar-refractivity contribution < 1.29 is 14.3 Å². The number of rotatable bonds is 6. The molecular weight excluding hydrogens is 424 g/mol. The summed E-state index contributed by atoms with van der Waals surface area (Å²) in [7, 11) is 0. The second-order valence-electron chi connectivity index (χ2n) is 8.41. The number of Topliss-reactive ketones (excluding diaryl/α,β-unsaturated/α-hetero) is 1. The highest BCUT2D eigenvalue weighted by Gasteiger charge is 2.32. The number of halogens is 1. The second-order valence-corrected chi connectivity index (χ2v) is 8.85. The van der Waals surface area contributed by atoms with Gasteiger partial charge in [-0.2, -0.15) is 5.26 Å². The Bertz CT molecular complexity index is 1180. The SMILES string of the molecule is CC1(C)Cc2c(C#N)c(OCC(=O)c3ccc(Cl)cc3)nc(Cc3ccccc3)c2CO1. The first-order valence-corrected chi connectivity index (χ1v) is 10.8. The first-order valence-electron chi connectivity index (χ1n) is 10.4. The average Bonchev–Trinajstić information content (AvgIpc) is 2.78. The zero-order chi connectivity index (χ0) is 22.7. The Balaban J connectivity index is 1.69. The Morgan fingerprint density at radius 3 is 2.56 bits per heavy atom. The molecule has 5 nitrogen and oxygen atoms in total. The normalized spacial score (nSPS) is 14.3. The average molecular weight is 447 g/mol. The highest BCUT2D eigenvalue weighted by atomic mass is 35.5. The molecule has 3 aromatic rings. The van der Waals surface area contributed by atoms with Crippen LogP contribution in [0.25, 0.3) is 0 Å². The minimum absolute atomic E-state index is 0.192. The van der Waals surface area contributed by atoms with E-state index in [4.69, 9.17) is 21.1 Å². The minimum atomic E-state index is -0.402. The number of ether oxygens (including phenoxy) is 2. The molecule has 0 unspecified atom stereocenters. The highest BCUT2D eigenvalue weighted by Crippen LogP contribution is 2.35. The lowest BCUT2D eigenvalue weighted by atomic mass is 9.87. The first-order chi connectivity index (χ1) is 15.4. The zero-order valence-electron chi connectivity index (χ0n) is 18.0. The van der Waals surface area contributed by atoms with Crippen LogP contribution < -0.4 is 4.74 Å². The molecule has 4 rings (SSSR count). The maximum atomic E-state index is 12.6. The van der Waals surface area contributed by atoms with E-state index in [9.17, 15) is 10.1 Å². The molecule has 0 N–H and O–H groups in total. The van der Waals surface area contributed by atoms with Crippen molar-refractivity contribution in [2.24, 2.45) is 0 Å². The van der Waals surface area contributed by atoms with E-state index in [0.29, 0.717) is 35.6 Å². The number of carbonyl (C=O) groups excluding carboxylic acids is 1. The Morgan fingerprint density at radius 1 is 1.16 bits per heavy atom. The molecule has 0 bridgehead atoms. The smallest absolute Gasteiger partial charge is 0.232 e. The second kappa shape index (κ2) is 9.12. The number of ketones is 1. The molecular formula is C26H23ClN2O3. The predicted octanol–water partition coefficient (Wildman–Crippen LogP) is 5.31. The van der Waals surface area contributed by atoms with Crippen LogP contribution in [-0.4, -0.2) is 23.0 Å². The number of hydrogen-bond acceptors (Lipinski definition) is 5. The summed E-state index contributed by atoms with van der Waals surface area (Å²) in [6.07, 6.45) is 1.15. The van der Waals surface area contributed by atoms with Gasteiger partial charge < -0.3 is 9.47 Å². The molecule has 1 aliphatic rings. The van der Waals surface area contributed by atoms with Crippen molar-refractivity contribution in [2.45, 2.75) is 38.9 Å². The summed E-state index contributed by atoms with van der Waals surface area (Å²) >= 11 is 5.90. The number of hydrogen-bond donors (Lipinski definition) is 0. The summed E-state index contributed by atoms with van der Waals surface area (Å²) < 4.78 is 11.9. The lowest BCUT2D eigenvalue weighted by molar-refractivity contribution is -0.0408.